The monoisotopic (exact) mass is 298 g/mol. The third kappa shape index (κ3) is 2.39. The van der Waals surface area contributed by atoms with Crippen LogP contribution in [-0.4, -0.2) is 23.4 Å². The van der Waals surface area contributed by atoms with Gasteiger partial charge in [0, 0.05) is 23.7 Å². The van der Waals surface area contributed by atoms with Crippen LogP contribution in [0.5, 0.6) is 0 Å². The predicted molar refractivity (Wildman–Crippen MR) is 85.6 cm³/mol. The van der Waals surface area contributed by atoms with E-state index in [-0.39, 0.29) is 11.9 Å². The summed E-state index contributed by atoms with van der Waals surface area (Å²) in [7, 11) is 0. The molecule has 0 aliphatic carbocycles. The van der Waals surface area contributed by atoms with Gasteiger partial charge in [-0.05, 0) is 47.9 Å². The lowest BCUT2D eigenvalue weighted by molar-refractivity contribution is -0.121. The second-order valence-electron chi connectivity index (χ2n) is 5.79. The summed E-state index contributed by atoms with van der Waals surface area (Å²) in [6.45, 7) is 1.90. The topological polar surface area (TPSA) is 32.3 Å². The molecule has 1 N–H and O–H groups in total. The molecule has 0 unspecified atom stereocenters. The zero-order chi connectivity index (χ0) is 14.2. The van der Waals surface area contributed by atoms with Gasteiger partial charge in [-0.1, -0.05) is 18.2 Å². The maximum absolute atomic E-state index is 12.6. The van der Waals surface area contributed by atoms with Crippen LogP contribution in [0.25, 0.3) is 0 Å². The van der Waals surface area contributed by atoms with Gasteiger partial charge in [0.05, 0.1) is 6.04 Å². The number of nitrogens with zero attached hydrogens (tertiary/aromatic N) is 1. The number of hydrogen-bond acceptors (Lipinski definition) is 3. The van der Waals surface area contributed by atoms with Crippen LogP contribution in [-0.2, 0) is 24.2 Å². The Morgan fingerprint density at radius 1 is 1.14 bits per heavy atom. The smallest absolute Gasteiger partial charge is 0.241 e. The van der Waals surface area contributed by atoms with Gasteiger partial charge in [0.25, 0.3) is 0 Å². The van der Waals surface area contributed by atoms with Crippen molar-refractivity contribution in [1.82, 2.24) is 4.90 Å². The van der Waals surface area contributed by atoms with E-state index in [9.17, 15) is 4.79 Å². The van der Waals surface area contributed by atoms with E-state index in [1.807, 2.05) is 29.5 Å². The molecular weight excluding hydrogens is 280 g/mol. The Morgan fingerprint density at radius 3 is 3.00 bits per heavy atom. The number of para-hydroxylation sites is 1. The molecule has 1 amide bonds. The van der Waals surface area contributed by atoms with E-state index in [1.165, 1.54) is 16.0 Å². The van der Waals surface area contributed by atoms with Gasteiger partial charge in [0.2, 0.25) is 5.91 Å². The van der Waals surface area contributed by atoms with Crippen LogP contribution in [0.2, 0.25) is 0 Å². The third-order valence-electron chi connectivity index (χ3n) is 4.54. The predicted octanol–water partition coefficient (Wildman–Crippen LogP) is 3.06. The molecule has 4 rings (SSSR count). The number of fused-ring (bicyclic) bond motifs is 2. The molecule has 3 heterocycles. The number of hydrogen-bond donors (Lipinski definition) is 1. The number of anilines is 1. The quantitative estimate of drug-likeness (QED) is 0.877. The molecule has 0 saturated heterocycles. The zero-order valence-corrected chi connectivity index (χ0v) is 12.7. The number of carbonyl (C=O) groups excluding carboxylic acids is 1. The molecule has 21 heavy (non-hydrogen) atoms. The highest BCUT2D eigenvalue weighted by atomic mass is 32.1. The summed E-state index contributed by atoms with van der Waals surface area (Å²) in [6, 6.07) is 10.3. The molecule has 2 aromatic rings. The largest absolute Gasteiger partial charge is 0.324 e. The molecular formula is C17H18N2OS. The van der Waals surface area contributed by atoms with Crippen LogP contribution in [0, 0.1) is 0 Å². The standard InChI is InChI=1S/C17H18N2OS/c20-17-15(6-5-12-3-1-2-4-14(12)18-17)19-9-7-16-13(11-19)8-10-21-16/h1-4,8,10,15H,5-7,9,11H2,(H,18,20)/t15-/m0/s1. The number of thiophene rings is 1. The molecule has 108 valence electrons. The average molecular weight is 298 g/mol. The second-order valence-corrected chi connectivity index (χ2v) is 6.79. The van der Waals surface area contributed by atoms with Crippen molar-refractivity contribution >= 4 is 22.9 Å². The van der Waals surface area contributed by atoms with Crippen molar-refractivity contribution in [3.63, 3.8) is 0 Å². The summed E-state index contributed by atoms with van der Waals surface area (Å²) >= 11 is 1.84. The molecule has 0 radical (unpaired) electrons. The number of aryl methyl sites for hydroxylation is 1. The van der Waals surface area contributed by atoms with Gasteiger partial charge in [-0.25, -0.2) is 0 Å². The Hall–Kier alpha value is -1.65. The summed E-state index contributed by atoms with van der Waals surface area (Å²) in [5, 5.41) is 5.27. The number of rotatable bonds is 1. The fraction of sp³-hybridized carbons (Fsp3) is 0.353. The molecule has 4 heteroatoms. The Balaban J connectivity index is 1.56. The van der Waals surface area contributed by atoms with Crippen molar-refractivity contribution in [2.75, 3.05) is 11.9 Å². The van der Waals surface area contributed by atoms with Crippen LogP contribution in [0.1, 0.15) is 22.4 Å². The molecule has 2 aliphatic rings. The van der Waals surface area contributed by atoms with Crippen LogP contribution in [0.4, 0.5) is 5.69 Å². The number of amides is 1. The molecule has 1 atom stereocenters. The van der Waals surface area contributed by atoms with E-state index < -0.39 is 0 Å². The van der Waals surface area contributed by atoms with Gasteiger partial charge >= 0.3 is 0 Å². The fourth-order valence-electron chi connectivity index (χ4n) is 3.38. The summed E-state index contributed by atoms with van der Waals surface area (Å²) in [5.41, 5.74) is 3.64. The lowest BCUT2D eigenvalue weighted by Gasteiger charge is -2.32. The molecule has 0 saturated carbocycles. The van der Waals surface area contributed by atoms with Crippen molar-refractivity contribution in [1.29, 1.82) is 0 Å². The van der Waals surface area contributed by atoms with Gasteiger partial charge in [-0.15, -0.1) is 11.3 Å². The first-order chi connectivity index (χ1) is 10.3. The first-order valence-electron chi connectivity index (χ1n) is 7.49. The Kier molecular flexibility index (Phi) is 3.28. The van der Waals surface area contributed by atoms with Crippen molar-refractivity contribution in [2.45, 2.75) is 31.8 Å². The molecule has 2 aliphatic heterocycles. The van der Waals surface area contributed by atoms with Crippen LogP contribution in [0.3, 0.4) is 0 Å². The highest BCUT2D eigenvalue weighted by Gasteiger charge is 2.31. The molecule has 0 spiro atoms. The summed E-state index contributed by atoms with van der Waals surface area (Å²) in [5.74, 6) is 0.152. The Morgan fingerprint density at radius 2 is 2.05 bits per heavy atom. The van der Waals surface area contributed by atoms with E-state index in [0.717, 1.165) is 38.0 Å². The average Bonchev–Trinajstić information content (AvgIpc) is 2.89. The zero-order valence-electron chi connectivity index (χ0n) is 11.8. The van der Waals surface area contributed by atoms with Gasteiger partial charge in [0.15, 0.2) is 0 Å². The summed E-state index contributed by atoms with van der Waals surface area (Å²) in [4.78, 5) is 16.4. The number of benzene rings is 1. The highest BCUT2D eigenvalue weighted by Crippen LogP contribution is 2.29. The molecule has 3 nitrogen and oxygen atoms in total. The van der Waals surface area contributed by atoms with E-state index in [0.29, 0.717) is 0 Å². The first kappa shape index (κ1) is 13.0. The number of nitrogens with one attached hydrogen (secondary N) is 1. The summed E-state index contributed by atoms with van der Waals surface area (Å²) in [6.07, 6.45) is 2.94. The van der Waals surface area contributed by atoms with Crippen molar-refractivity contribution in [2.24, 2.45) is 0 Å². The van der Waals surface area contributed by atoms with Crippen LogP contribution < -0.4 is 5.32 Å². The van der Waals surface area contributed by atoms with E-state index in [1.54, 1.807) is 0 Å². The molecule has 1 aromatic carbocycles. The second kappa shape index (κ2) is 5.28. The van der Waals surface area contributed by atoms with Crippen LogP contribution in [0.15, 0.2) is 35.7 Å². The minimum absolute atomic E-state index is 0.00884. The maximum Gasteiger partial charge on any atom is 0.241 e. The normalized spacial score (nSPS) is 22.1. The third-order valence-corrected chi connectivity index (χ3v) is 5.57. The van der Waals surface area contributed by atoms with Crippen molar-refractivity contribution in [3.05, 3.63) is 51.7 Å². The lowest BCUT2D eigenvalue weighted by Crippen LogP contribution is -2.45. The molecule has 1 aromatic heterocycles. The minimum Gasteiger partial charge on any atom is -0.324 e. The SMILES string of the molecule is O=C1Nc2ccccc2CC[C@@H]1N1CCc2sccc2C1. The Bertz CT molecular complexity index is 679. The van der Waals surface area contributed by atoms with Gasteiger partial charge in [-0.2, -0.15) is 0 Å². The van der Waals surface area contributed by atoms with Crippen molar-refractivity contribution in [3.8, 4) is 0 Å². The summed E-state index contributed by atoms with van der Waals surface area (Å²) < 4.78 is 0. The molecule has 0 bridgehead atoms. The number of carbonyl (C=O) groups is 1. The fourth-order valence-corrected chi connectivity index (χ4v) is 4.27. The van der Waals surface area contributed by atoms with E-state index in [4.69, 9.17) is 0 Å². The van der Waals surface area contributed by atoms with Crippen molar-refractivity contribution < 1.29 is 4.79 Å². The molecule has 0 fully saturated rings. The van der Waals surface area contributed by atoms with Gasteiger partial charge in [0.1, 0.15) is 0 Å². The van der Waals surface area contributed by atoms with Gasteiger partial charge < -0.3 is 5.32 Å². The van der Waals surface area contributed by atoms with E-state index in [2.05, 4.69) is 27.7 Å². The lowest BCUT2D eigenvalue weighted by atomic mass is 10.0. The Labute approximate surface area is 128 Å². The van der Waals surface area contributed by atoms with Crippen LogP contribution >= 0.6 is 11.3 Å². The van der Waals surface area contributed by atoms with E-state index >= 15 is 0 Å². The minimum atomic E-state index is -0.00884. The first-order valence-corrected chi connectivity index (χ1v) is 8.37. The van der Waals surface area contributed by atoms with Gasteiger partial charge in [-0.3, -0.25) is 9.69 Å². The maximum atomic E-state index is 12.6. The highest BCUT2D eigenvalue weighted by molar-refractivity contribution is 7.10.